The summed E-state index contributed by atoms with van der Waals surface area (Å²) in [5.41, 5.74) is 14.3. The Hall–Kier alpha value is -4.22. The molecule has 11 nitrogen and oxygen atoms in total. The van der Waals surface area contributed by atoms with Gasteiger partial charge in [-0.3, -0.25) is 14.4 Å². The predicted molar refractivity (Wildman–Crippen MR) is 161 cm³/mol. The summed E-state index contributed by atoms with van der Waals surface area (Å²) in [6, 6.07) is 10.3. The first-order valence-corrected chi connectivity index (χ1v) is 14.3. The van der Waals surface area contributed by atoms with E-state index in [4.69, 9.17) is 11.5 Å². The molecule has 3 amide bonds. The van der Waals surface area contributed by atoms with Gasteiger partial charge in [0.25, 0.3) is 0 Å². The minimum absolute atomic E-state index is 0.102. The van der Waals surface area contributed by atoms with E-state index in [1.165, 1.54) is 12.1 Å². The molecule has 11 heteroatoms. The van der Waals surface area contributed by atoms with E-state index < -0.39 is 41.9 Å². The van der Waals surface area contributed by atoms with Gasteiger partial charge >= 0.3 is 0 Å². The van der Waals surface area contributed by atoms with Crippen LogP contribution in [-0.4, -0.2) is 64.8 Å². The zero-order valence-electron chi connectivity index (χ0n) is 24.1. The number of carbonyl (C=O) groups excluding carboxylic acids is 4. The Kier molecular flexibility index (Phi) is 12.1. The van der Waals surface area contributed by atoms with Gasteiger partial charge in [0, 0.05) is 23.5 Å². The summed E-state index contributed by atoms with van der Waals surface area (Å²) in [6.45, 7) is 4.06. The number of phenols is 1. The second kappa shape index (κ2) is 15.7. The number of nitrogens with two attached hydrogens (primary N) is 2. The number of hydrogen-bond acceptors (Lipinski definition) is 7. The molecule has 0 fully saturated rings. The molecule has 0 aliphatic heterocycles. The molecule has 3 aromatic rings. The normalized spacial score (nSPS) is 14.1. The third-order valence-corrected chi connectivity index (χ3v) is 7.21. The molecular weight excluding hydrogens is 536 g/mol. The third-order valence-electron chi connectivity index (χ3n) is 7.21. The van der Waals surface area contributed by atoms with Crippen molar-refractivity contribution in [1.29, 1.82) is 0 Å². The van der Waals surface area contributed by atoms with Gasteiger partial charge in [-0.15, -0.1) is 0 Å². The number of aromatic hydroxyl groups is 1. The highest BCUT2D eigenvalue weighted by Gasteiger charge is 2.30. The van der Waals surface area contributed by atoms with Crippen molar-refractivity contribution in [2.45, 2.75) is 70.1 Å². The maximum absolute atomic E-state index is 13.7. The first kappa shape index (κ1) is 32.3. The van der Waals surface area contributed by atoms with Crippen molar-refractivity contribution in [1.82, 2.24) is 20.9 Å². The highest BCUT2D eigenvalue weighted by Crippen LogP contribution is 2.20. The lowest BCUT2D eigenvalue weighted by Gasteiger charge is -2.26. The van der Waals surface area contributed by atoms with E-state index in [0.29, 0.717) is 32.1 Å². The van der Waals surface area contributed by atoms with E-state index in [9.17, 15) is 24.3 Å². The molecule has 4 atom stereocenters. The Balaban J connectivity index is 1.82. The molecule has 1 aromatic heterocycles. The van der Waals surface area contributed by atoms with E-state index in [1.54, 1.807) is 18.3 Å². The number of nitrogens with one attached hydrogen (secondary N) is 4. The average molecular weight is 579 g/mol. The van der Waals surface area contributed by atoms with Gasteiger partial charge in [-0.2, -0.15) is 0 Å². The van der Waals surface area contributed by atoms with Crippen LogP contribution in [0.4, 0.5) is 0 Å². The van der Waals surface area contributed by atoms with Crippen LogP contribution in [0.25, 0.3) is 10.9 Å². The fraction of sp³-hybridized carbons (Fsp3) is 0.419. The number of H-pyrrole nitrogens is 1. The van der Waals surface area contributed by atoms with E-state index >= 15 is 0 Å². The second-order valence-electron chi connectivity index (χ2n) is 10.9. The van der Waals surface area contributed by atoms with Crippen LogP contribution < -0.4 is 27.4 Å². The maximum Gasteiger partial charge on any atom is 0.243 e. The molecule has 0 aliphatic carbocycles. The summed E-state index contributed by atoms with van der Waals surface area (Å²) >= 11 is 0. The van der Waals surface area contributed by atoms with Crippen LogP contribution in [0.5, 0.6) is 5.75 Å². The summed E-state index contributed by atoms with van der Waals surface area (Å²) in [4.78, 5) is 54.8. The van der Waals surface area contributed by atoms with Gasteiger partial charge in [0.2, 0.25) is 17.7 Å². The first-order valence-electron chi connectivity index (χ1n) is 14.3. The van der Waals surface area contributed by atoms with Gasteiger partial charge in [0.1, 0.15) is 24.1 Å². The lowest BCUT2D eigenvalue weighted by atomic mass is 10.0. The van der Waals surface area contributed by atoms with Crippen molar-refractivity contribution in [3.05, 3.63) is 65.9 Å². The number of aromatic amines is 1. The summed E-state index contributed by atoms with van der Waals surface area (Å²) in [7, 11) is 0. The molecule has 9 N–H and O–H groups in total. The number of rotatable bonds is 16. The quantitative estimate of drug-likeness (QED) is 0.0987. The molecule has 2 aromatic carbocycles. The van der Waals surface area contributed by atoms with Crippen LogP contribution >= 0.6 is 0 Å². The van der Waals surface area contributed by atoms with Crippen molar-refractivity contribution in [3.8, 4) is 5.75 Å². The van der Waals surface area contributed by atoms with Crippen molar-refractivity contribution in [2.75, 3.05) is 6.54 Å². The first-order chi connectivity index (χ1) is 20.1. The van der Waals surface area contributed by atoms with Crippen LogP contribution in [0.1, 0.15) is 44.2 Å². The number of unbranched alkanes of at least 4 members (excludes halogenated alkanes) is 1. The average Bonchev–Trinajstić information content (AvgIpc) is 3.38. The van der Waals surface area contributed by atoms with Gasteiger partial charge < -0.3 is 42.3 Å². The Bertz CT molecular complexity index is 1340. The highest BCUT2D eigenvalue weighted by molar-refractivity contribution is 5.94. The van der Waals surface area contributed by atoms with Gasteiger partial charge in [-0.25, -0.2) is 0 Å². The third kappa shape index (κ3) is 9.15. The van der Waals surface area contributed by atoms with Crippen LogP contribution in [-0.2, 0) is 32.0 Å². The number of aromatic nitrogens is 1. The van der Waals surface area contributed by atoms with E-state index in [-0.39, 0.29) is 24.5 Å². The number of amides is 3. The lowest BCUT2D eigenvalue weighted by molar-refractivity contribution is -0.133. The Labute approximate surface area is 245 Å². The van der Waals surface area contributed by atoms with Gasteiger partial charge in [-0.1, -0.05) is 44.2 Å². The number of hydrogen-bond donors (Lipinski definition) is 7. The molecule has 1 heterocycles. The van der Waals surface area contributed by atoms with Crippen molar-refractivity contribution < 1.29 is 24.3 Å². The van der Waals surface area contributed by atoms with Gasteiger partial charge in [0.05, 0.1) is 12.1 Å². The standard InChI is InChI=1S/C31H42N6O5/c1-19(2)28(18-38)37-30(41)26(9-5-6-14-32)35-31(42)27(16-21-17-34-25-8-4-3-7-23(21)25)36-29(40)24(33)15-20-10-12-22(39)13-11-20/h3-4,7-8,10-13,17-19,24,26-28,34,39H,5-6,9,14-16,32-33H2,1-2H3,(H,35,42)(H,36,40)(H,37,41)/t24-,26-,27+,28+/m0/s1. The van der Waals surface area contributed by atoms with Crippen LogP contribution in [0.15, 0.2) is 54.7 Å². The maximum atomic E-state index is 13.7. The van der Waals surface area contributed by atoms with Gasteiger partial charge in [0.15, 0.2) is 0 Å². The van der Waals surface area contributed by atoms with E-state index in [1.807, 2.05) is 38.1 Å². The molecule has 0 saturated heterocycles. The second-order valence-corrected chi connectivity index (χ2v) is 10.9. The van der Waals surface area contributed by atoms with E-state index in [2.05, 4.69) is 20.9 Å². The topological polar surface area (TPSA) is 192 Å². The smallest absolute Gasteiger partial charge is 0.243 e. The molecule has 0 bridgehead atoms. The number of benzene rings is 2. The number of para-hydroxylation sites is 1. The molecule has 0 spiro atoms. The van der Waals surface area contributed by atoms with Crippen LogP contribution in [0, 0.1) is 5.92 Å². The van der Waals surface area contributed by atoms with Crippen molar-refractivity contribution in [2.24, 2.45) is 17.4 Å². The molecule has 3 rings (SSSR count). The Morgan fingerprint density at radius 2 is 1.57 bits per heavy atom. The molecule has 0 radical (unpaired) electrons. The Morgan fingerprint density at radius 3 is 2.24 bits per heavy atom. The fourth-order valence-corrected chi connectivity index (χ4v) is 4.64. The van der Waals surface area contributed by atoms with Crippen molar-refractivity contribution in [3.63, 3.8) is 0 Å². The molecule has 0 unspecified atom stereocenters. The molecule has 42 heavy (non-hydrogen) atoms. The molecule has 0 saturated carbocycles. The van der Waals surface area contributed by atoms with Gasteiger partial charge in [-0.05, 0) is 67.5 Å². The SMILES string of the molecule is CC(C)[C@@H](C=O)NC(=O)[C@H](CCCCN)NC(=O)[C@@H](Cc1c[nH]c2ccccc12)NC(=O)[C@@H](N)Cc1ccc(O)cc1. The molecular formula is C31H42N6O5. The summed E-state index contributed by atoms with van der Waals surface area (Å²) < 4.78 is 0. The molecule has 0 aliphatic rings. The monoisotopic (exact) mass is 578 g/mol. The predicted octanol–water partition coefficient (Wildman–Crippen LogP) is 1.42. The Morgan fingerprint density at radius 1 is 0.905 bits per heavy atom. The summed E-state index contributed by atoms with van der Waals surface area (Å²) in [5.74, 6) is -1.59. The lowest BCUT2D eigenvalue weighted by Crippen LogP contribution is -2.57. The minimum Gasteiger partial charge on any atom is -0.508 e. The summed E-state index contributed by atoms with van der Waals surface area (Å²) in [6.07, 6.45) is 4.36. The highest BCUT2D eigenvalue weighted by atomic mass is 16.3. The minimum atomic E-state index is -1.04. The number of carbonyl (C=O) groups is 4. The van der Waals surface area contributed by atoms with Crippen molar-refractivity contribution >= 4 is 34.9 Å². The molecule has 226 valence electrons. The number of fused-ring (bicyclic) bond motifs is 1. The zero-order chi connectivity index (χ0) is 30.6. The van der Waals surface area contributed by atoms with Crippen LogP contribution in [0.3, 0.4) is 0 Å². The zero-order valence-corrected chi connectivity index (χ0v) is 24.1. The fourth-order valence-electron chi connectivity index (χ4n) is 4.64. The summed E-state index contributed by atoms with van der Waals surface area (Å²) in [5, 5.41) is 18.7. The largest absolute Gasteiger partial charge is 0.508 e. The van der Waals surface area contributed by atoms with E-state index in [0.717, 1.165) is 22.0 Å². The number of phenolic OH excluding ortho intramolecular Hbond substituents is 1. The van der Waals surface area contributed by atoms with Crippen LogP contribution in [0.2, 0.25) is 0 Å². The number of aldehydes is 1.